The van der Waals surface area contributed by atoms with Crippen LogP contribution in [-0.4, -0.2) is 32.0 Å². The third-order valence-corrected chi connectivity index (χ3v) is 9.19. The first-order valence-corrected chi connectivity index (χ1v) is 14.9. The largest absolute Gasteiger partial charge is 0.299 e. The fourth-order valence-electron chi connectivity index (χ4n) is 5.38. The van der Waals surface area contributed by atoms with Gasteiger partial charge in [0.1, 0.15) is 31.6 Å². The van der Waals surface area contributed by atoms with Gasteiger partial charge < -0.3 is 0 Å². The van der Waals surface area contributed by atoms with Crippen molar-refractivity contribution in [3.05, 3.63) is 20.0 Å². The third-order valence-electron chi connectivity index (χ3n) is 7.23. The number of Topliss-reactive ketones (excluding diaryl/α,β-unsaturated/α-hetero) is 2. The molecule has 0 aliphatic heterocycles. The topological polar surface area (TPSA) is 85.7 Å². The van der Waals surface area contributed by atoms with E-state index < -0.39 is 0 Å². The van der Waals surface area contributed by atoms with Crippen LogP contribution in [0.2, 0.25) is 0 Å². The lowest BCUT2D eigenvalue weighted by molar-refractivity contribution is -0.120. The lowest BCUT2D eigenvalue weighted by Gasteiger charge is -2.20. The number of hydrogen-bond acceptors (Lipinski definition) is 8. The molecule has 8 heteroatoms. The Morgan fingerprint density at radius 2 is 0.971 bits per heavy atom. The molecule has 0 bridgehead atoms. The quantitative estimate of drug-likeness (QED) is 0.307. The molecule has 0 atom stereocenters. The molecular formula is C26H38N4O2S2. The summed E-state index contributed by atoms with van der Waals surface area (Å²) in [6.45, 7) is 0. The van der Waals surface area contributed by atoms with E-state index >= 15 is 0 Å². The Morgan fingerprint density at radius 1 is 0.588 bits per heavy atom. The van der Waals surface area contributed by atoms with Crippen LogP contribution in [0, 0.1) is 11.8 Å². The maximum absolute atomic E-state index is 12.4. The van der Waals surface area contributed by atoms with Gasteiger partial charge in [-0.2, -0.15) is 0 Å². The van der Waals surface area contributed by atoms with E-state index in [1.165, 1.54) is 64.2 Å². The zero-order valence-corrected chi connectivity index (χ0v) is 21.9. The van der Waals surface area contributed by atoms with E-state index in [1.807, 2.05) is 0 Å². The van der Waals surface area contributed by atoms with Crippen molar-refractivity contribution in [2.45, 2.75) is 116 Å². The van der Waals surface area contributed by atoms with Gasteiger partial charge in [0.05, 0.1) is 12.8 Å². The predicted molar refractivity (Wildman–Crippen MR) is 136 cm³/mol. The molecule has 2 aromatic rings. The molecule has 0 saturated heterocycles. The molecule has 2 aliphatic carbocycles. The van der Waals surface area contributed by atoms with Crippen molar-refractivity contribution < 1.29 is 9.59 Å². The minimum Gasteiger partial charge on any atom is -0.299 e. The van der Waals surface area contributed by atoms with Crippen LogP contribution >= 0.6 is 22.7 Å². The number of ketones is 2. The lowest BCUT2D eigenvalue weighted by atomic mass is 9.85. The van der Waals surface area contributed by atoms with Crippen molar-refractivity contribution in [1.29, 1.82) is 0 Å². The second kappa shape index (κ2) is 13.5. The summed E-state index contributed by atoms with van der Waals surface area (Å²) in [5.74, 6) is 1.81. The summed E-state index contributed by atoms with van der Waals surface area (Å²) in [6, 6.07) is 0. The van der Waals surface area contributed by atoms with Gasteiger partial charge in [-0.1, -0.05) is 64.2 Å². The van der Waals surface area contributed by atoms with Crippen LogP contribution in [-0.2, 0) is 35.3 Å². The number of unbranched alkanes of at least 4 members (excludes halogenated alkanes) is 1. The molecule has 2 aromatic heterocycles. The van der Waals surface area contributed by atoms with Gasteiger partial charge in [0, 0.05) is 25.7 Å². The highest BCUT2D eigenvalue weighted by Gasteiger charge is 2.19. The highest BCUT2D eigenvalue weighted by atomic mass is 32.1. The fourth-order valence-corrected chi connectivity index (χ4v) is 7.21. The number of carbonyl (C=O) groups excluding carboxylic acids is 2. The molecule has 2 saturated carbocycles. The Bertz CT molecular complexity index is 839. The highest BCUT2D eigenvalue weighted by molar-refractivity contribution is 7.11. The summed E-state index contributed by atoms with van der Waals surface area (Å²) in [4.78, 5) is 24.8. The molecular weight excluding hydrogens is 464 g/mol. The minimum absolute atomic E-state index is 0.318. The number of nitrogens with zero attached hydrogens (tertiary/aromatic N) is 4. The van der Waals surface area contributed by atoms with Gasteiger partial charge in [0.2, 0.25) is 0 Å². The van der Waals surface area contributed by atoms with Crippen molar-refractivity contribution in [2.75, 3.05) is 0 Å². The molecule has 0 radical (unpaired) electrons. The van der Waals surface area contributed by atoms with Gasteiger partial charge in [-0.15, -0.1) is 43.1 Å². The Labute approximate surface area is 211 Å². The molecule has 0 unspecified atom stereocenters. The van der Waals surface area contributed by atoms with Crippen molar-refractivity contribution in [3.8, 4) is 0 Å². The van der Waals surface area contributed by atoms with Crippen molar-refractivity contribution in [1.82, 2.24) is 20.4 Å². The van der Waals surface area contributed by atoms with E-state index in [2.05, 4.69) is 20.4 Å². The van der Waals surface area contributed by atoms with Crippen molar-refractivity contribution >= 4 is 34.2 Å². The van der Waals surface area contributed by atoms with E-state index in [1.54, 1.807) is 22.7 Å². The second-order valence-electron chi connectivity index (χ2n) is 10.2. The smallest absolute Gasteiger partial charge is 0.140 e. The summed E-state index contributed by atoms with van der Waals surface area (Å²) in [6.07, 6.45) is 18.7. The van der Waals surface area contributed by atoms with Crippen molar-refractivity contribution in [2.24, 2.45) is 11.8 Å². The molecule has 2 aliphatic rings. The lowest BCUT2D eigenvalue weighted by Crippen LogP contribution is -2.13. The first-order valence-electron chi connectivity index (χ1n) is 13.3. The maximum Gasteiger partial charge on any atom is 0.140 e. The number of hydrogen-bond donors (Lipinski definition) is 0. The summed E-state index contributed by atoms with van der Waals surface area (Å²) in [5, 5.41) is 20.9. The average Bonchev–Trinajstić information content (AvgIpc) is 3.47. The Kier molecular flexibility index (Phi) is 10.2. The zero-order chi connectivity index (χ0) is 23.6. The molecule has 0 aromatic carbocycles. The molecule has 4 rings (SSSR count). The number of carbonyl (C=O) groups is 2. The van der Waals surface area contributed by atoms with E-state index in [0.717, 1.165) is 45.7 Å². The van der Waals surface area contributed by atoms with Crippen LogP contribution < -0.4 is 0 Å². The molecule has 2 fully saturated rings. The monoisotopic (exact) mass is 502 g/mol. The van der Waals surface area contributed by atoms with Gasteiger partial charge in [0.15, 0.2) is 0 Å². The van der Waals surface area contributed by atoms with Crippen LogP contribution in [0.15, 0.2) is 0 Å². The van der Waals surface area contributed by atoms with Crippen LogP contribution in [0.5, 0.6) is 0 Å². The van der Waals surface area contributed by atoms with E-state index in [0.29, 0.717) is 49.1 Å². The Hall–Kier alpha value is -1.54. The van der Waals surface area contributed by atoms with Crippen LogP contribution in [0.25, 0.3) is 0 Å². The predicted octanol–water partition coefficient (Wildman–Crippen LogP) is 6.12. The summed E-state index contributed by atoms with van der Waals surface area (Å²) >= 11 is 3.18. The summed E-state index contributed by atoms with van der Waals surface area (Å²) < 4.78 is 0. The second-order valence-corrected chi connectivity index (χ2v) is 12.5. The molecule has 186 valence electrons. The average molecular weight is 503 g/mol. The fraction of sp³-hybridized carbons (Fsp3) is 0.769. The normalized spacial score (nSPS) is 17.8. The van der Waals surface area contributed by atoms with Crippen molar-refractivity contribution in [3.63, 3.8) is 0 Å². The number of rotatable bonds is 13. The van der Waals surface area contributed by atoms with E-state index in [4.69, 9.17) is 0 Å². The third kappa shape index (κ3) is 8.59. The first kappa shape index (κ1) is 25.5. The van der Waals surface area contributed by atoms with E-state index in [9.17, 15) is 9.59 Å². The van der Waals surface area contributed by atoms with Gasteiger partial charge in [-0.25, -0.2) is 0 Å². The van der Waals surface area contributed by atoms with Gasteiger partial charge in [0.25, 0.3) is 0 Å². The Morgan fingerprint density at radius 3 is 1.38 bits per heavy atom. The molecule has 0 N–H and O–H groups in total. The number of aromatic nitrogens is 4. The van der Waals surface area contributed by atoms with E-state index in [-0.39, 0.29) is 0 Å². The number of aryl methyl sites for hydroxylation is 2. The molecule has 0 spiro atoms. The van der Waals surface area contributed by atoms with Gasteiger partial charge in [-0.05, 0) is 24.7 Å². The standard InChI is InChI=1S/C26H38N4O2S2/c31-21(15-19-9-3-1-4-10-19)17-25-29-27-23(33-25)13-7-8-14-24-28-30-26(34-24)18-22(32)16-20-11-5-2-6-12-20/h19-20H,1-18H2. The molecule has 6 nitrogen and oxygen atoms in total. The zero-order valence-electron chi connectivity index (χ0n) is 20.3. The minimum atomic E-state index is 0.318. The van der Waals surface area contributed by atoms with Gasteiger partial charge >= 0.3 is 0 Å². The first-order chi connectivity index (χ1) is 16.6. The summed E-state index contributed by atoms with van der Waals surface area (Å²) in [7, 11) is 0. The van der Waals surface area contributed by atoms with Crippen LogP contribution in [0.4, 0.5) is 0 Å². The van der Waals surface area contributed by atoms with Crippen LogP contribution in [0.3, 0.4) is 0 Å². The van der Waals surface area contributed by atoms with Crippen LogP contribution in [0.1, 0.15) is 110 Å². The maximum atomic E-state index is 12.4. The van der Waals surface area contributed by atoms with Gasteiger partial charge in [-0.3, -0.25) is 9.59 Å². The molecule has 0 amide bonds. The molecule has 2 heterocycles. The highest BCUT2D eigenvalue weighted by Crippen LogP contribution is 2.28. The SMILES string of the molecule is O=C(Cc1nnc(CCCCc2nnc(CC(=O)CC3CCCCC3)s2)s1)CC1CCCCC1. The molecule has 34 heavy (non-hydrogen) atoms. The Balaban J connectivity index is 1.11. The summed E-state index contributed by atoms with van der Waals surface area (Å²) in [5.41, 5.74) is 0.